The monoisotopic (exact) mass is 148 g/mol. The number of allylic oxidation sites excluding steroid dienone is 1. The summed E-state index contributed by atoms with van der Waals surface area (Å²) in [6, 6.07) is 0. The largest absolute Gasteiger partial charge is 0.274 e. The molecule has 0 aliphatic carbocycles. The first-order valence-electron chi connectivity index (χ1n) is 3.05. The quantitative estimate of drug-likeness (QED) is 0.606. The molecule has 0 fully saturated rings. The van der Waals surface area contributed by atoms with Gasteiger partial charge in [-0.2, -0.15) is 0 Å². The summed E-state index contributed by atoms with van der Waals surface area (Å²) in [5.74, 6) is 0.500. The molecule has 1 heterocycles. The van der Waals surface area contributed by atoms with Crippen molar-refractivity contribution in [3.63, 3.8) is 0 Å². The predicted molar refractivity (Wildman–Crippen MR) is 44.8 cm³/mol. The highest BCUT2D eigenvalue weighted by Crippen LogP contribution is 2.04. The molecule has 0 aromatic carbocycles. The van der Waals surface area contributed by atoms with E-state index in [4.69, 9.17) is 0 Å². The molecular formula is C7H8N4. The molecule has 0 saturated carbocycles. The van der Waals surface area contributed by atoms with Crippen LogP contribution < -0.4 is 0 Å². The SMILES string of the molecule is C=C/C=N\c1nncn1C=C. The zero-order chi connectivity index (χ0) is 8.10. The van der Waals surface area contributed by atoms with Gasteiger partial charge in [-0.3, -0.25) is 4.57 Å². The van der Waals surface area contributed by atoms with Gasteiger partial charge in [-0.05, 0) is 0 Å². The summed E-state index contributed by atoms with van der Waals surface area (Å²) < 4.78 is 1.61. The van der Waals surface area contributed by atoms with Crippen LogP contribution in [0.15, 0.2) is 30.6 Å². The maximum atomic E-state index is 3.93. The van der Waals surface area contributed by atoms with Crippen LogP contribution in [0.5, 0.6) is 0 Å². The normalized spacial score (nSPS) is 10.2. The highest BCUT2D eigenvalue weighted by Gasteiger charge is 1.94. The van der Waals surface area contributed by atoms with Crippen molar-refractivity contribution < 1.29 is 0 Å². The first-order valence-corrected chi connectivity index (χ1v) is 3.05. The summed E-state index contributed by atoms with van der Waals surface area (Å²) in [4.78, 5) is 3.93. The number of nitrogens with zero attached hydrogens (tertiary/aromatic N) is 4. The topological polar surface area (TPSA) is 43.1 Å². The van der Waals surface area contributed by atoms with Crippen LogP contribution in [0.25, 0.3) is 6.20 Å². The van der Waals surface area contributed by atoms with Crippen molar-refractivity contribution in [1.29, 1.82) is 0 Å². The third-order valence-corrected chi connectivity index (χ3v) is 1.05. The number of hydrogen-bond acceptors (Lipinski definition) is 3. The van der Waals surface area contributed by atoms with E-state index in [1.165, 1.54) is 6.33 Å². The second-order valence-corrected chi connectivity index (χ2v) is 1.73. The second-order valence-electron chi connectivity index (χ2n) is 1.73. The Morgan fingerprint density at radius 3 is 3.00 bits per heavy atom. The van der Waals surface area contributed by atoms with E-state index in [0.29, 0.717) is 5.95 Å². The van der Waals surface area contributed by atoms with Crippen LogP contribution in [0.2, 0.25) is 0 Å². The molecule has 56 valence electrons. The van der Waals surface area contributed by atoms with Crippen LogP contribution in [0.3, 0.4) is 0 Å². The number of rotatable bonds is 3. The third-order valence-electron chi connectivity index (χ3n) is 1.05. The van der Waals surface area contributed by atoms with Gasteiger partial charge in [-0.15, -0.1) is 10.2 Å². The van der Waals surface area contributed by atoms with Gasteiger partial charge in [0, 0.05) is 12.4 Å². The van der Waals surface area contributed by atoms with Crippen molar-refractivity contribution in [2.75, 3.05) is 0 Å². The van der Waals surface area contributed by atoms with E-state index in [1.807, 2.05) is 0 Å². The van der Waals surface area contributed by atoms with Crippen LogP contribution in [-0.4, -0.2) is 21.0 Å². The van der Waals surface area contributed by atoms with Crippen molar-refractivity contribution in [2.24, 2.45) is 4.99 Å². The molecule has 0 radical (unpaired) electrons. The van der Waals surface area contributed by atoms with Crippen LogP contribution in [-0.2, 0) is 0 Å². The number of aliphatic imine (C=N–C) groups is 1. The van der Waals surface area contributed by atoms with Gasteiger partial charge in [0.15, 0.2) is 0 Å². The third kappa shape index (κ3) is 1.61. The van der Waals surface area contributed by atoms with Gasteiger partial charge in [0.1, 0.15) is 6.33 Å². The van der Waals surface area contributed by atoms with E-state index < -0.39 is 0 Å². The molecule has 1 aromatic heterocycles. The molecule has 0 saturated heterocycles. The molecule has 0 unspecified atom stereocenters. The van der Waals surface area contributed by atoms with Gasteiger partial charge >= 0.3 is 0 Å². The summed E-state index contributed by atoms with van der Waals surface area (Å²) in [5, 5.41) is 7.36. The Bertz CT molecular complexity index is 284. The van der Waals surface area contributed by atoms with Crippen molar-refractivity contribution >= 4 is 18.4 Å². The van der Waals surface area contributed by atoms with E-state index in [9.17, 15) is 0 Å². The zero-order valence-corrected chi connectivity index (χ0v) is 6.01. The lowest BCUT2D eigenvalue weighted by Gasteiger charge is -1.89. The molecule has 11 heavy (non-hydrogen) atoms. The Morgan fingerprint density at radius 1 is 1.55 bits per heavy atom. The van der Waals surface area contributed by atoms with Crippen LogP contribution in [0.4, 0.5) is 5.95 Å². The molecule has 4 heteroatoms. The first kappa shape index (κ1) is 7.40. The molecule has 4 nitrogen and oxygen atoms in total. The van der Waals surface area contributed by atoms with Crippen molar-refractivity contribution in [2.45, 2.75) is 0 Å². The summed E-state index contributed by atoms with van der Waals surface area (Å²) in [6.45, 7) is 7.04. The second kappa shape index (κ2) is 3.46. The van der Waals surface area contributed by atoms with Crippen LogP contribution in [0.1, 0.15) is 0 Å². The molecule has 0 N–H and O–H groups in total. The number of aromatic nitrogens is 3. The van der Waals surface area contributed by atoms with Crippen molar-refractivity contribution in [1.82, 2.24) is 14.8 Å². The summed E-state index contributed by atoms with van der Waals surface area (Å²) in [5.41, 5.74) is 0. The van der Waals surface area contributed by atoms with E-state index in [-0.39, 0.29) is 0 Å². The molecule has 1 rings (SSSR count). The lowest BCUT2D eigenvalue weighted by molar-refractivity contribution is 1.08. The van der Waals surface area contributed by atoms with Gasteiger partial charge in [-0.25, -0.2) is 4.99 Å². The highest BCUT2D eigenvalue weighted by molar-refractivity contribution is 5.72. The Balaban J connectivity index is 2.92. The fourth-order valence-electron chi connectivity index (χ4n) is 0.577. The lowest BCUT2D eigenvalue weighted by Crippen LogP contribution is -1.80. The average molecular weight is 148 g/mol. The molecule has 0 aliphatic heterocycles. The maximum Gasteiger partial charge on any atom is 0.254 e. The molecule has 0 spiro atoms. The molecule has 0 amide bonds. The minimum atomic E-state index is 0.500. The standard InChI is InChI=1S/C7H8N4/c1-3-5-8-7-10-9-6-11(7)4-2/h3-6H,1-2H2/b8-5-. The smallest absolute Gasteiger partial charge is 0.254 e. The Morgan fingerprint density at radius 2 is 2.36 bits per heavy atom. The summed E-state index contributed by atoms with van der Waals surface area (Å²) in [7, 11) is 0. The Labute approximate surface area is 64.6 Å². The molecule has 0 bridgehead atoms. The van der Waals surface area contributed by atoms with E-state index in [2.05, 4.69) is 28.3 Å². The van der Waals surface area contributed by atoms with Crippen molar-refractivity contribution in [3.05, 3.63) is 25.6 Å². The molecule has 0 aliphatic rings. The summed E-state index contributed by atoms with van der Waals surface area (Å²) in [6.07, 6.45) is 6.23. The van der Waals surface area contributed by atoms with Gasteiger partial charge in [0.05, 0.1) is 0 Å². The van der Waals surface area contributed by atoms with E-state index in [1.54, 1.807) is 23.1 Å². The fourth-order valence-corrected chi connectivity index (χ4v) is 0.577. The lowest BCUT2D eigenvalue weighted by atomic mass is 10.7. The number of hydrogen-bond donors (Lipinski definition) is 0. The van der Waals surface area contributed by atoms with Crippen molar-refractivity contribution in [3.8, 4) is 0 Å². The first-order chi connectivity index (χ1) is 5.38. The minimum Gasteiger partial charge on any atom is -0.274 e. The zero-order valence-electron chi connectivity index (χ0n) is 6.01. The molecular weight excluding hydrogens is 140 g/mol. The van der Waals surface area contributed by atoms with Gasteiger partial charge in [0.2, 0.25) is 0 Å². The predicted octanol–water partition coefficient (Wildman–Crippen LogP) is 1.27. The van der Waals surface area contributed by atoms with E-state index >= 15 is 0 Å². The molecule has 1 aromatic rings. The van der Waals surface area contributed by atoms with Gasteiger partial charge in [-0.1, -0.05) is 19.2 Å². The Hall–Kier alpha value is -1.71. The fraction of sp³-hybridized carbons (Fsp3) is 0. The van der Waals surface area contributed by atoms with Gasteiger partial charge < -0.3 is 0 Å². The maximum absolute atomic E-state index is 3.93. The summed E-state index contributed by atoms with van der Waals surface area (Å²) >= 11 is 0. The van der Waals surface area contributed by atoms with E-state index in [0.717, 1.165) is 0 Å². The average Bonchev–Trinajstić information content (AvgIpc) is 2.47. The molecule has 0 atom stereocenters. The minimum absolute atomic E-state index is 0.500. The van der Waals surface area contributed by atoms with Gasteiger partial charge in [0.25, 0.3) is 5.95 Å². The van der Waals surface area contributed by atoms with Crippen LogP contribution >= 0.6 is 0 Å². The highest BCUT2D eigenvalue weighted by atomic mass is 15.3. The van der Waals surface area contributed by atoms with Crippen LogP contribution in [0, 0.1) is 0 Å². The Kier molecular flexibility index (Phi) is 2.32.